The number of carbonyl (C=O) groups is 2. The van der Waals surface area contributed by atoms with Gasteiger partial charge in [-0.2, -0.15) is 0 Å². The molecule has 0 radical (unpaired) electrons. The molecule has 0 bridgehead atoms. The van der Waals surface area contributed by atoms with Crippen LogP contribution in [0.2, 0.25) is 0 Å². The Morgan fingerprint density at radius 3 is 2.74 bits per heavy atom. The van der Waals surface area contributed by atoms with E-state index in [1.165, 1.54) is 12.3 Å². The van der Waals surface area contributed by atoms with Gasteiger partial charge in [0.2, 0.25) is 0 Å². The van der Waals surface area contributed by atoms with Crippen LogP contribution in [-0.4, -0.2) is 49.9 Å². The Morgan fingerprint density at radius 1 is 1.19 bits per heavy atom. The third-order valence-corrected chi connectivity index (χ3v) is 6.25. The first-order valence-electron chi connectivity index (χ1n) is 10.2. The number of anilines is 2. The molecule has 2 heterocycles. The van der Waals surface area contributed by atoms with Crippen molar-refractivity contribution < 1.29 is 14.0 Å². The number of carbonyl (C=O) groups excluding carboxylic acids is 2. The SMILES string of the molecule is CN(C)CC1CCCN1c1ccc(NC=C2C(=O)NC(=O)c3ccc(I)cc32)cc1F. The molecule has 1 atom stereocenters. The number of benzene rings is 2. The summed E-state index contributed by atoms with van der Waals surface area (Å²) in [4.78, 5) is 28.7. The molecule has 1 unspecified atom stereocenters. The standard InChI is InChI=1S/C23H24FIN4O2/c1-28(2)13-16-4-3-9-29(16)21-8-6-15(11-20(21)24)26-12-19-18-10-14(25)5-7-17(18)22(30)27-23(19)31/h5-8,10-12,16,26H,3-4,9,13H2,1-2H3,(H,27,30,31). The fraction of sp³-hybridized carbons (Fsp3) is 0.304. The molecule has 2 aliphatic rings. The van der Waals surface area contributed by atoms with Crippen LogP contribution in [-0.2, 0) is 4.79 Å². The summed E-state index contributed by atoms with van der Waals surface area (Å²) in [7, 11) is 4.06. The minimum atomic E-state index is -0.479. The van der Waals surface area contributed by atoms with Gasteiger partial charge in [-0.25, -0.2) is 4.39 Å². The average Bonchev–Trinajstić information content (AvgIpc) is 3.14. The van der Waals surface area contributed by atoms with Crippen LogP contribution in [0, 0.1) is 9.39 Å². The second-order valence-corrected chi connectivity index (χ2v) is 9.34. The Bertz CT molecular complexity index is 1070. The number of hydrogen-bond donors (Lipinski definition) is 2. The second-order valence-electron chi connectivity index (χ2n) is 8.09. The van der Waals surface area contributed by atoms with Crippen LogP contribution in [0.15, 0.2) is 42.6 Å². The number of halogens is 2. The van der Waals surface area contributed by atoms with Crippen LogP contribution in [0.5, 0.6) is 0 Å². The topological polar surface area (TPSA) is 64.7 Å². The first-order valence-corrected chi connectivity index (χ1v) is 11.2. The minimum absolute atomic E-state index is 0.299. The van der Waals surface area contributed by atoms with E-state index in [-0.39, 0.29) is 5.82 Å². The molecular formula is C23H24FIN4O2. The van der Waals surface area contributed by atoms with E-state index < -0.39 is 11.8 Å². The molecule has 0 aliphatic carbocycles. The van der Waals surface area contributed by atoms with Gasteiger partial charge in [0.1, 0.15) is 5.82 Å². The molecule has 6 nitrogen and oxygen atoms in total. The van der Waals surface area contributed by atoms with Gasteiger partial charge in [-0.05, 0) is 85.9 Å². The highest BCUT2D eigenvalue weighted by Crippen LogP contribution is 2.31. The van der Waals surface area contributed by atoms with Gasteiger partial charge in [0.25, 0.3) is 11.8 Å². The molecule has 2 amide bonds. The maximum Gasteiger partial charge on any atom is 0.260 e. The smallest absolute Gasteiger partial charge is 0.260 e. The Labute approximate surface area is 194 Å². The molecule has 2 aliphatic heterocycles. The maximum absolute atomic E-state index is 15.0. The van der Waals surface area contributed by atoms with Crippen molar-refractivity contribution in [1.29, 1.82) is 0 Å². The number of imide groups is 1. The Kier molecular flexibility index (Phi) is 6.29. The van der Waals surface area contributed by atoms with Crippen LogP contribution >= 0.6 is 22.6 Å². The molecule has 162 valence electrons. The zero-order valence-corrected chi connectivity index (χ0v) is 19.6. The van der Waals surface area contributed by atoms with Crippen molar-refractivity contribution >= 4 is 51.4 Å². The van der Waals surface area contributed by atoms with E-state index >= 15 is 0 Å². The Balaban J connectivity index is 1.57. The van der Waals surface area contributed by atoms with Crippen molar-refractivity contribution in [3.8, 4) is 0 Å². The van der Waals surface area contributed by atoms with E-state index in [1.807, 2.05) is 26.2 Å². The molecule has 2 N–H and O–H groups in total. The van der Waals surface area contributed by atoms with E-state index in [0.717, 1.165) is 29.5 Å². The fourth-order valence-corrected chi connectivity index (χ4v) is 4.68. The van der Waals surface area contributed by atoms with Crippen LogP contribution in [0.25, 0.3) is 5.57 Å². The molecule has 0 saturated carbocycles. The summed E-state index contributed by atoms with van der Waals surface area (Å²) in [5.41, 5.74) is 2.48. The zero-order chi connectivity index (χ0) is 22.1. The van der Waals surface area contributed by atoms with Crippen molar-refractivity contribution in [2.24, 2.45) is 0 Å². The average molecular weight is 534 g/mol. The number of nitrogens with zero attached hydrogens (tertiary/aromatic N) is 2. The number of amides is 2. The van der Waals surface area contributed by atoms with Crippen molar-refractivity contribution in [3.05, 3.63) is 63.1 Å². The summed E-state index contributed by atoms with van der Waals surface area (Å²) in [5.74, 6) is -1.19. The van der Waals surface area contributed by atoms with E-state index in [9.17, 15) is 14.0 Å². The first-order chi connectivity index (χ1) is 14.8. The van der Waals surface area contributed by atoms with Gasteiger partial charge in [0.15, 0.2) is 0 Å². The number of rotatable bonds is 5. The lowest BCUT2D eigenvalue weighted by atomic mass is 9.95. The highest BCUT2D eigenvalue weighted by atomic mass is 127. The lowest BCUT2D eigenvalue weighted by Gasteiger charge is -2.29. The molecule has 2 aromatic rings. The summed E-state index contributed by atoms with van der Waals surface area (Å²) in [6, 6.07) is 10.6. The van der Waals surface area contributed by atoms with Crippen molar-refractivity contribution in [2.75, 3.05) is 37.4 Å². The summed E-state index contributed by atoms with van der Waals surface area (Å²) >= 11 is 2.14. The summed E-state index contributed by atoms with van der Waals surface area (Å²) in [5, 5.41) is 5.36. The van der Waals surface area contributed by atoms with Crippen LogP contribution in [0.3, 0.4) is 0 Å². The lowest BCUT2D eigenvalue weighted by Crippen LogP contribution is -2.38. The highest BCUT2D eigenvalue weighted by Gasteiger charge is 2.28. The number of fused-ring (bicyclic) bond motifs is 1. The normalized spacial score (nSPS) is 19.7. The minimum Gasteiger partial charge on any atom is -0.365 e. The fourth-order valence-electron chi connectivity index (χ4n) is 4.19. The first kappa shape index (κ1) is 21.8. The molecule has 1 fully saturated rings. The molecule has 0 spiro atoms. The van der Waals surface area contributed by atoms with Crippen LogP contribution in [0.4, 0.5) is 15.8 Å². The molecule has 4 rings (SSSR count). The Morgan fingerprint density at radius 2 is 2.00 bits per heavy atom. The van der Waals surface area contributed by atoms with Gasteiger partial charge in [0, 0.05) is 45.7 Å². The largest absolute Gasteiger partial charge is 0.365 e. The molecule has 1 saturated heterocycles. The van der Waals surface area contributed by atoms with Crippen molar-refractivity contribution in [1.82, 2.24) is 10.2 Å². The molecule has 8 heteroatoms. The molecule has 31 heavy (non-hydrogen) atoms. The van der Waals surface area contributed by atoms with Gasteiger partial charge >= 0.3 is 0 Å². The highest BCUT2D eigenvalue weighted by molar-refractivity contribution is 14.1. The molecule has 2 aromatic carbocycles. The van der Waals surface area contributed by atoms with Gasteiger partial charge in [0.05, 0.1) is 11.3 Å². The van der Waals surface area contributed by atoms with Crippen molar-refractivity contribution in [3.63, 3.8) is 0 Å². The van der Waals surface area contributed by atoms with Crippen molar-refractivity contribution in [2.45, 2.75) is 18.9 Å². The van der Waals surface area contributed by atoms with Gasteiger partial charge in [-0.3, -0.25) is 14.9 Å². The van der Waals surface area contributed by atoms with E-state index in [4.69, 9.17) is 0 Å². The second kappa shape index (κ2) is 8.96. The number of hydrogen-bond acceptors (Lipinski definition) is 5. The molecule has 0 aromatic heterocycles. The summed E-state index contributed by atoms with van der Waals surface area (Å²) < 4.78 is 15.9. The predicted octanol–water partition coefficient (Wildman–Crippen LogP) is 3.68. The van der Waals surface area contributed by atoms with Crippen LogP contribution in [0.1, 0.15) is 28.8 Å². The van der Waals surface area contributed by atoms with E-state index in [0.29, 0.717) is 34.1 Å². The van der Waals surface area contributed by atoms with E-state index in [1.54, 1.807) is 18.2 Å². The Hall–Kier alpha value is -2.46. The van der Waals surface area contributed by atoms with Crippen LogP contribution < -0.4 is 15.5 Å². The number of likely N-dealkylation sites (N-methyl/N-ethyl adjacent to an activating group) is 1. The maximum atomic E-state index is 15.0. The van der Waals surface area contributed by atoms with Gasteiger partial charge < -0.3 is 15.1 Å². The van der Waals surface area contributed by atoms with Gasteiger partial charge in [-0.15, -0.1) is 0 Å². The third-order valence-electron chi connectivity index (χ3n) is 5.58. The molecular weight excluding hydrogens is 510 g/mol. The lowest BCUT2D eigenvalue weighted by molar-refractivity contribution is -0.114. The monoisotopic (exact) mass is 534 g/mol. The van der Waals surface area contributed by atoms with Gasteiger partial charge in [-0.1, -0.05) is 0 Å². The number of nitrogens with one attached hydrogen (secondary N) is 2. The summed E-state index contributed by atoms with van der Waals surface area (Å²) in [6.07, 6.45) is 3.63. The third kappa shape index (κ3) is 4.59. The predicted molar refractivity (Wildman–Crippen MR) is 129 cm³/mol. The van der Waals surface area contributed by atoms with E-state index in [2.05, 4.69) is 43.0 Å². The summed E-state index contributed by atoms with van der Waals surface area (Å²) in [6.45, 7) is 1.73. The quantitative estimate of drug-likeness (QED) is 0.348. The zero-order valence-electron chi connectivity index (χ0n) is 17.4.